The molecule has 2 aromatic rings. The van der Waals surface area contributed by atoms with Gasteiger partial charge in [0.2, 0.25) is 5.91 Å². The predicted octanol–water partition coefficient (Wildman–Crippen LogP) is 2.02. The van der Waals surface area contributed by atoms with Crippen LogP contribution < -0.4 is 10.6 Å². The van der Waals surface area contributed by atoms with Crippen LogP contribution in [-0.2, 0) is 10.3 Å². The molecule has 5 nitrogen and oxygen atoms in total. The summed E-state index contributed by atoms with van der Waals surface area (Å²) >= 11 is 0. The largest absolute Gasteiger partial charge is 0.353 e. The first-order chi connectivity index (χ1) is 11.6. The summed E-state index contributed by atoms with van der Waals surface area (Å²) in [5.74, 6) is -0.130. The highest BCUT2D eigenvalue weighted by molar-refractivity contribution is 5.84. The number of carbonyl (C=O) groups is 1. The van der Waals surface area contributed by atoms with Gasteiger partial charge < -0.3 is 10.6 Å². The van der Waals surface area contributed by atoms with Gasteiger partial charge in [0.05, 0.1) is 0 Å². The molecule has 0 spiro atoms. The topological polar surface area (TPSA) is 59.0 Å². The van der Waals surface area contributed by atoms with Gasteiger partial charge in [0, 0.05) is 18.9 Å². The molecule has 1 saturated heterocycles. The Morgan fingerprint density at radius 1 is 1.38 bits per heavy atom. The van der Waals surface area contributed by atoms with Crippen LogP contribution in [0.25, 0.3) is 0 Å². The van der Waals surface area contributed by atoms with Crippen molar-refractivity contribution >= 4 is 5.91 Å². The Bertz CT molecular complexity index is 663. The van der Waals surface area contributed by atoms with Crippen LogP contribution in [0.2, 0.25) is 0 Å². The SMILES string of the molecule is CC(CNC(=O)C1(n2cccn2)CCNCC1)c1ccc(F)cc1. The minimum atomic E-state index is -0.628. The molecule has 1 unspecified atom stereocenters. The molecule has 0 radical (unpaired) electrons. The molecular weight excluding hydrogens is 307 g/mol. The van der Waals surface area contributed by atoms with Crippen molar-refractivity contribution in [3.05, 3.63) is 54.1 Å². The molecule has 1 amide bonds. The second-order valence-electron chi connectivity index (χ2n) is 6.39. The molecule has 0 aliphatic carbocycles. The Kier molecular flexibility index (Phi) is 4.94. The van der Waals surface area contributed by atoms with Crippen LogP contribution in [0.4, 0.5) is 4.39 Å². The molecule has 24 heavy (non-hydrogen) atoms. The van der Waals surface area contributed by atoms with Gasteiger partial charge in [0.1, 0.15) is 11.4 Å². The summed E-state index contributed by atoms with van der Waals surface area (Å²) in [6.45, 7) is 4.12. The van der Waals surface area contributed by atoms with Crippen molar-refractivity contribution in [3.8, 4) is 0 Å². The molecule has 1 atom stereocenters. The predicted molar refractivity (Wildman–Crippen MR) is 90.1 cm³/mol. The van der Waals surface area contributed by atoms with E-state index in [0.29, 0.717) is 19.4 Å². The number of nitrogens with zero attached hydrogens (tertiary/aromatic N) is 2. The highest BCUT2D eigenvalue weighted by Crippen LogP contribution is 2.27. The number of amides is 1. The smallest absolute Gasteiger partial charge is 0.248 e. The summed E-state index contributed by atoms with van der Waals surface area (Å²) in [6.07, 6.45) is 4.99. The normalized spacial score (nSPS) is 18.1. The van der Waals surface area contributed by atoms with Gasteiger partial charge in [-0.2, -0.15) is 5.10 Å². The Morgan fingerprint density at radius 2 is 2.08 bits per heavy atom. The van der Waals surface area contributed by atoms with E-state index in [1.54, 1.807) is 23.0 Å². The van der Waals surface area contributed by atoms with Crippen LogP contribution in [0.3, 0.4) is 0 Å². The van der Waals surface area contributed by atoms with Crippen LogP contribution in [0.15, 0.2) is 42.7 Å². The van der Waals surface area contributed by atoms with Gasteiger partial charge >= 0.3 is 0 Å². The van der Waals surface area contributed by atoms with Gasteiger partial charge in [-0.25, -0.2) is 4.39 Å². The zero-order valence-electron chi connectivity index (χ0n) is 13.8. The number of halogens is 1. The first-order valence-electron chi connectivity index (χ1n) is 8.36. The summed E-state index contributed by atoms with van der Waals surface area (Å²) < 4.78 is 14.8. The molecule has 128 valence electrons. The fraction of sp³-hybridized carbons (Fsp3) is 0.444. The maximum atomic E-state index is 13.0. The van der Waals surface area contributed by atoms with Crippen molar-refractivity contribution in [1.29, 1.82) is 0 Å². The number of carbonyl (C=O) groups excluding carboxylic acids is 1. The molecule has 6 heteroatoms. The lowest BCUT2D eigenvalue weighted by molar-refractivity contribution is -0.132. The summed E-state index contributed by atoms with van der Waals surface area (Å²) in [7, 11) is 0. The van der Waals surface area contributed by atoms with Crippen molar-refractivity contribution in [2.24, 2.45) is 0 Å². The van der Waals surface area contributed by atoms with E-state index in [9.17, 15) is 9.18 Å². The van der Waals surface area contributed by atoms with E-state index in [-0.39, 0.29) is 17.6 Å². The molecule has 0 bridgehead atoms. The first-order valence-corrected chi connectivity index (χ1v) is 8.36. The van der Waals surface area contributed by atoms with Gasteiger partial charge in [0.25, 0.3) is 0 Å². The molecule has 2 heterocycles. The summed E-state index contributed by atoms with van der Waals surface area (Å²) in [6, 6.07) is 8.27. The second kappa shape index (κ2) is 7.13. The number of rotatable bonds is 5. The molecular formula is C18H23FN4O. The van der Waals surface area contributed by atoms with E-state index < -0.39 is 5.54 Å². The standard InChI is InChI=1S/C18H23FN4O/c1-14(15-3-5-16(19)6-4-15)13-21-17(24)18(7-10-20-11-8-18)23-12-2-9-22-23/h2-6,9,12,14,20H,7-8,10-11,13H2,1H3,(H,21,24). The zero-order valence-corrected chi connectivity index (χ0v) is 13.8. The van der Waals surface area contributed by atoms with E-state index in [4.69, 9.17) is 0 Å². The highest BCUT2D eigenvalue weighted by atomic mass is 19.1. The number of aromatic nitrogens is 2. The lowest BCUT2D eigenvalue weighted by Crippen LogP contribution is -2.55. The number of piperidine rings is 1. The first kappa shape index (κ1) is 16.6. The van der Waals surface area contributed by atoms with Gasteiger partial charge in [-0.15, -0.1) is 0 Å². The monoisotopic (exact) mass is 330 g/mol. The van der Waals surface area contributed by atoms with Crippen LogP contribution in [-0.4, -0.2) is 35.3 Å². The van der Waals surface area contributed by atoms with E-state index >= 15 is 0 Å². The second-order valence-corrected chi connectivity index (χ2v) is 6.39. The summed E-state index contributed by atoms with van der Waals surface area (Å²) in [5, 5.41) is 10.7. The molecule has 1 aromatic carbocycles. The highest BCUT2D eigenvalue weighted by Gasteiger charge is 2.41. The van der Waals surface area contributed by atoms with E-state index in [1.165, 1.54) is 12.1 Å². The average Bonchev–Trinajstić information content (AvgIpc) is 3.15. The molecule has 1 aliphatic heterocycles. The van der Waals surface area contributed by atoms with Crippen molar-refractivity contribution in [2.75, 3.05) is 19.6 Å². The maximum Gasteiger partial charge on any atom is 0.248 e. The van der Waals surface area contributed by atoms with Crippen molar-refractivity contribution in [1.82, 2.24) is 20.4 Å². The third-order valence-corrected chi connectivity index (χ3v) is 4.80. The Hall–Kier alpha value is -2.21. The lowest BCUT2D eigenvalue weighted by atomic mass is 9.87. The number of benzene rings is 1. The van der Waals surface area contributed by atoms with Gasteiger partial charge in [0.15, 0.2) is 0 Å². The average molecular weight is 330 g/mol. The summed E-state index contributed by atoms with van der Waals surface area (Å²) in [5.41, 5.74) is 0.382. The van der Waals surface area contributed by atoms with E-state index in [1.807, 2.05) is 19.2 Å². The van der Waals surface area contributed by atoms with Gasteiger partial charge in [-0.05, 0) is 55.6 Å². The zero-order chi connectivity index (χ0) is 17.0. The molecule has 3 rings (SSSR count). The Morgan fingerprint density at radius 3 is 2.71 bits per heavy atom. The fourth-order valence-electron chi connectivity index (χ4n) is 3.24. The molecule has 1 fully saturated rings. The lowest BCUT2D eigenvalue weighted by Gasteiger charge is -2.36. The van der Waals surface area contributed by atoms with Crippen LogP contribution in [0.5, 0.6) is 0 Å². The minimum absolute atomic E-state index is 0.00154. The van der Waals surface area contributed by atoms with Gasteiger partial charge in [-0.3, -0.25) is 9.48 Å². The van der Waals surface area contributed by atoms with Crippen LogP contribution >= 0.6 is 0 Å². The number of nitrogens with one attached hydrogen (secondary N) is 2. The van der Waals surface area contributed by atoms with Crippen LogP contribution in [0.1, 0.15) is 31.2 Å². The minimum Gasteiger partial charge on any atom is -0.353 e. The molecule has 2 N–H and O–H groups in total. The van der Waals surface area contributed by atoms with Crippen molar-refractivity contribution < 1.29 is 9.18 Å². The van der Waals surface area contributed by atoms with Crippen molar-refractivity contribution in [3.63, 3.8) is 0 Å². The quantitative estimate of drug-likeness (QED) is 0.882. The fourth-order valence-corrected chi connectivity index (χ4v) is 3.24. The Balaban J connectivity index is 1.69. The van der Waals surface area contributed by atoms with Gasteiger partial charge in [-0.1, -0.05) is 19.1 Å². The number of hydrogen-bond acceptors (Lipinski definition) is 3. The van der Waals surface area contributed by atoms with E-state index in [0.717, 1.165) is 18.7 Å². The third kappa shape index (κ3) is 3.33. The number of hydrogen-bond donors (Lipinski definition) is 2. The van der Waals surface area contributed by atoms with Crippen molar-refractivity contribution in [2.45, 2.75) is 31.2 Å². The molecule has 1 aromatic heterocycles. The van der Waals surface area contributed by atoms with Crippen LogP contribution in [0, 0.1) is 5.82 Å². The third-order valence-electron chi connectivity index (χ3n) is 4.80. The Labute approximate surface area is 141 Å². The maximum absolute atomic E-state index is 13.0. The molecule has 1 aliphatic rings. The summed E-state index contributed by atoms with van der Waals surface area (Å²) in [4.78, 5) is 12.9. The van der Waals surface area contributed by atoms with E-state index in [2.05, 4.69) is 15.7 Å². The molecule has 0 saturated carbocycles.